The van der Waals surface area contributed by atoms with E-state index in [0.29, 0.717) is 18.0 Å². The Bertz CT molecular complexity index is 873. The molecule has 0 radical (unpaired) electrons. The van der Waals surface area contributed by atoms with Crippen LogP contribution in [0, 0.1) is 11.8 Å². The number of allylic oxidation sites excluding steroid dienone is 2. The molecule has 5 nitrogen and oxygen atoms in total. The molecule has 0 saturated heterocycles. The fourth-order valence-corrected chi connectivity index (χ4v) is 6.58. The molecule has 0 aliphatic heterocycles. The smallest absolute Gasteiger partial charge is 0.309 e. The van der Waals surface area contributed by atoms with Crippen molar-refractivity contribution >= 4 is 87.2 Å². The number of nitrogens with one attached hydrogen (secondary N) is 1. The summed E-state index contributed by atoms with van der Waals surface area (Å²) in [6, 6.07) is 6.46. The van der Waals surface area contributed by atoms with Crippen LogP contribution in [-0.2, 0) is 9.59 Å². The first-order valence-electron chi connectivity index (χ1n) is 8.03. The quantitative estimate of drug-likeness (QED) is 0.538. The highest BCUT2D eigenvalue weighted by Gasteiger charge is 2.85. The van der Waals surface area contributed by atoms with Crippen molar-refractivity contribution in [2.45, 2.75) is 21.0 Å². The Morgan fingerprint density at radius 3 is 2.00 bits per heavy atom. The monoisotopic (exact) mass is 505 g/mol. The number of anilines is 1. The largest absolute Gasteiger partial charge is 0.494 e. The van der Waals surface area contributed by atoms with Crippen LogP contribution in [0.3, 0.4) is 0 Å². The van der Waals surface area contributed by atoms with Gasteiger partial charge in [-0.15, -0.1) is 23.2 Å². The maximum Gasteiger partial charge on any atom is 0.309 e. The lowest BCUT2D eigenvalue weighted by atomic mass is 9.81. The molecule has 152 valence electrons. The van der Waals surface area contributed by atoms with Crippen LogP contribution in [0.1, 0.15) is 6.92 Å². The van der Waals surface area contributed by atoms with E-state index in [1.165, 1.54) is 0 Å². The zero-order valence-electron chi connectivity index (χ0n) is 14.1. The van der Waals surface area contributed by atoms with Crippen LogP contribution in [0.5, 0.6) is 5.75 Å². The number of hydrogen-bond acceptors (Lipinski definition) is 3. The summed E-state index contributed by atoms with van der Waals surface area (Å²) in [5.41, 5.74) is 0.380. The number of benzene rings is 1. The van der Waals surface area contributed by atoms with Gasteiger partial charge in [0.2, 0.25) is 5.91 Å². The second kappa shape index (κ2) is 7.29. The minimum atomic E-state index is -2.14. The highest BCUT2D eigenvalue weighted by atomic mass is 35.5. The molecule has 2 N–H and O–H groups in total. The Kier molecular flexibility index (Phi) is 5.76. The minimum Gasteiger partial charge on any atom is -0.494 e. The van der Waals surface area contributed by atoms with Gasteiger partial charge in [-0.1, -0.05) is 46.4 Å². The minimum absolute atomic E-state index is 0.250. The Hall–Kier alpha value is -0.560. The number of ether oxygens (including phenoxy) is 1. The van der Waals surface area contributed by atoms with Crippen LogP contribution in [0.2, 0.25) is 0 Å². The summed E-state index contributed by atoms with van der Waals surface area (Å²) in [7, 11) is 0. The van der Waals surface area contributed by atoms with Gasteiger partial charge in [0.05, 0.1) is 28.5 Å². The number of carboxylic acid groups (broad SMARTS) is 1. The summed E-state index contributed by atoms with van der Waals surface area (Å²) in [6.07, 6.45) is 0. The highest BCUT2D eigenvalue weighted by molar-refractivity contribution is 6.66. The van der Waals surface area contributed by atoms with E-state index in [1.54, 1.807) is 24.3 Å². The molecule has 0 spiro atoms. The van der Waals surface area contributed by atoms with E-state index >= 15 is 0 Å². The van der Waals surface area contributed by atoms with Crippen LogP contribution in [0.25, 0.3) is 0 Å². The lowest BCUT2D eigenvalue weighted by molar-refractivity contribution is -0.146. The highest BCUT2D eigenvalue weighted by Crippen LogP contribution is 2.76. The summed E-state index contributed by atoms with van der Waals surface area (Å²) in [5, 5.41) is 11.8. The molecule has 3 rings (SSSR count). The molecule has 4 atom stereocenters. The SMILES string of the molecule is CCOc1ccc(NC(=O)[C@H]2[C@H](C(=O)O)[C@]3(Cl)C(Cl)=C(Cl)[C@]2(Cl)C3(Cl)Cl)cc1. The van der Waals surface area contributed by atoms with Gasteiger partial charge in [-0.3, -0.25) is 9.59 Å². The number of fused-ring (bicyclic) bond motifs is 2. The van der Waals surface area contributed by atoms with Gasteiger partial charge in [0, 0.05) is 5.69 Å². The zero-order valence-corrected chi connectivity index (χ0v) is 18.6. The van der Waals surface area contributed by atoms with Gasteiger partial charge in [-0.25, -0.2) is 0 Å². The van der Waals surface area contributed by atoms with Crippen LogP contribution in [0.4, 0.5) is 5.69 Å². The predicted octanol–water partition coefficient (Wildman–Crippen LogP) is 5.19. The van der Waals surface area contributed by atoms with Crippen molar-refractivity contribution in [1.82, 2.24) is 0 Å². The van der Waals surface area contributed by atoms with E-state index in [4.69, 9.17) is 74.3 Å². The van der Waals surface area contributed by atoms with Gasteiger partial charge < -0.3 is 15.2 Å². The van der Waals surface area contributed by atoms with Gasteiger partial charge in [-0.05, 0) is 31.2 Å². The van der Waals surface area contributed by atoms with E-state index in [1.807, 2.05) is 6.92 Å². The number of hydrogen-bond donors (Lipinski definition) is 2. The molecule has 0 aromatic heterocycles. The van der Waals surface area contributed by atoms with Gasteiger partial charge in [0.15, 0.2) is 4.33 Å². The number of amides is 1. The third-order valence-electron chi connectivity index (χ3n) is 4.92. The van der Waals surface area contributed by atoms with Crippen LogP contribution in [-0.4, -0.2) is 37.7 Å². The molecular weight excluding hydrogens is 495 g/mol. The van der Waals surface area contributed by atoms with Crippen molar-refractivity contribution in [2.24, 2.45) is 11.8 Å². The Morgan fingerprint density at radius 2 is 1.54 bits per heavy atom. The van der Waals surface area contributed by atoms with Crippen LogP contribution < -0.4 is 10.1 Å². The molecule has 2 aliphatic rings. The second-order valence-corrected chi connectivity index (χ2v) is 9.64. The van der Waals surface area contributed by atoms with Crippen molar-refractivity contribution in [2.75, 3.05) is 11.9 Å². The molecule has 0 unspecified atom stereocenters. The summed E-state index contributed by atoms with van der Waals surface area (Å²) in [5.74, 6) is -4.69. The lowest BCUT2D eigenvalue weighted by Crippen LogP contribution is -2.47. The fourth-order valence-electron chi connectivity index (χ4n) is 3.65. The van der Waals surface area contributed by atoms with Crippen molar-refractivity contribution in [3.63, 3.8) is 0 Å². The van der Waals surface area contributed by atoms with Crippen molar-refractivity contribution in [3.8, 4) is 5.75 Å². The molecule has 1 aromatic carbocycles. The van der Waals surface area contributed by atoms with E-state index in [9.17, 15) is 14.7 Å². The number of carbonyl (C=O) groups excluding carboxylic acids is 1. The Labute approximate surface area is 190 Å². The molecule has 2 bridgehead atoms. The molecule has 1 fully saturated rings. The van der Waals surface area contributed by atoms with E-state index in [-0.39, 0.29) is 10.1 Å². The fraction of sp³-hybridized carbons (Fsp3) is 0.412. The van der Waals surface area contributed by atoms with Gasteiger partial charge in [0.25, 0.3) is 0 Å². The normalized spacial score (nSPS) is 33.1. The average molecular weight is 508 g/mol. The number of alkyl halides is 4. The molecule has 0 heterocycles. The maximum atomic E-state index is 13.0. The zero-order chi connectivity index (χ0) is 21.1. The number of aliphatic carboxylic acids is 1. The standard InChI is InChI=1S/C17H13Cl6NO4/c1-2-28-8-5-3-7(4-6-8)24-13(25)9-10(14(26)27)16(21)12(19)11(18)15(9,20)17(16,22)23/h3-6,9-10H,2H2,1H3,(H,24,25)(H,26,27)/t9-,10-,15+,16+/m1/s1. The van der Waals surface area contributed by atoms with Crippen molar-refractivity contribution < 1.29 is 19.4 Å². The first-order chi connectivity index (χ1) is 12.9. The Balaban J connectivity index is 2.00. The summed E-state index contributed by atoms with van der Waals surface area (Å²) in [4.78, 5) is 20.9. The molecule has 1 amide bonds. The van der Waals surface area contributed by atoms with Crippen molar-refractivity contribution in [3.05, 3.63) is 34.3 Å². The molecule has 2 aliphatic carbocycles. The van der Waals surface area contributed by atoms with E-state index in [0.717, 1.165) is 0 Å². The van der Waals surface area contributed by atoms with Gasteiger partial charge >= 0.3 is 5.97 Å². The molecule has 1 saturated carbocycles. The summed E-state index contributed by atoms with van der Waals surface area (Å²) >= 11 is 38.2. The second-order valence-electron chi connectivity index (χ2n) is 6.37. The predicted molar refractivity (Wildman–Crippen MR) is 111 cm³/mol. The first kappa shape index (κ1) is 22.1. The van der Waals surface area contributed by atoms with E-state index in [2.05, 4.69) is 5.32 Å². The lowest BCUT2D eigenvalue weighted by Gasteiger charge is -2.33. The van der Waals surface area contributed by atoms with Gasteiger partial charge in [0.1, 0.15) is 15.5 Å². The number of carboxylic acids is 1. The molecular formula is C17H13Cl6NO4. The molecule has 28 heavy (non-hydrogen) atoms. The van der Waals surface area contributed by atoms with Crippen LogP contribution >= 0.6 is 69.6 Å². The summed E-state index contributed by atoms with van der Waals surface area (Å²) in [6.45, 7) is 2.32. The number of carbonyl (C=O) groups is 2. The molecule has 11 heteroatoms. The first-order valence-corrected chi connectivity index (χ1v) is 10.3. The third kappa shape index (κ3) is 2.74. The third-order valence-corrected chi connectivity index (χ3v) is 9.18. The van der Waals surface area contributed by atoms with Crippen LogP contribution in [0.15, 0.2) is 34.3 Å². The maximum absolute atomic E-state index is 13.0. The number of halogens is 6. The summed E-state index contributed by atoms with van der Waals surface area (Å²) < 4.78 is 3.20. The average Bonchev–Trinajstić information content (AvgIpc) is 2.83. The Morgan fingerprint density at radius 1 is 1.04 bits per heavy atom. The van der Waals surface area contributed by atoms with E-state index < -0.39 is 37.8 Å². The van der Waals surface area contributed by atoms with Gasteiger partial charge in [-0.2, -0.15) is 0 Å². The topological polar surface area (TPSA) is 75.6 Å². The van der Waals surface area contributed by atoms with Crippen molar-refractivity contribution in [1.29, 1.82) is 0 Å². The number of rotatable bonds is 5. The molecule has 1 aromatic rings.